The van der Waals surface area contributed by atoms with Crippen molar-refractivity contribution >= 4 is 32.4 Å². The summed E-state index contributed by atoms with van der Waals surface area (Å²) in [5.74, 6) is -0.355. The molecule has 1 amide bonds. The quantitative estimate of drug-likeness (QED) is 0.800. The van der Waals surface area contributed by atoms with Crippen molar-refractivity contribution in [3.8, 4) is 0 Å². The van der Waals surface area contributed by atoms with Gasteiger partial charge < -0.3 is 0 Å². The van der Waals surface area contributed by atoms with E-state index in [1.54, 1.807) is 20.8 Å². The molecule has 2 N–H and O–H groups in total. The van der Waals surface area contributed by atoms with Gasteiger partial charge in [0.15, 0.2) is 0 Å². The minimum atomic E-state index is -3.62. The lowest BCUT2D eigenvalue weighted by molar-refractivity contribution is 0.102. The Morgan fingerprint density at radius 1 is 1.16 bits per heavy atom. The van der Waals surface area contributed by atoms with E-state index < -0.39 is 15.6 Å². The number of hydrogen-bond donors (Lipinski definition) is 2. The number of nitrogens with one attached hydrogen (secondary N) is 2. The molecule has 2 aromatic rings. The number of amides is 1. The largest absolute Gasteiger partial charge is 0.296 e. The molecule has 0 radical (unpaired) electrons. The second-order valence-electron chi connectivity index (χ2n) is 6.58. The normalized spacial score (nSPS) is 12.2. The molecule has 0 spiro atoms. The van der Waals surface area contributed by atoms with Crippen LogP contribution in [0.15, 0.2) is 29.2 Å². The number of benzene rings is 1. The molecule has 0 saturated carbocycles. The van der Waals surface area contributed by atoms with E-state index in [0.29, 0.717) is 10.7 Å². The number of nitrogens with zero attached hydrogens (tertiary/aromatic N) is 2. The van der Waals surface area contributed by atoms with Crippen LogP contribution in [0.5, 0.6) is 0 Å². The summed E-state index contributed by atoms with van der Waals surface area (Å²) in [6.45, 7) is 7.34. The fourth-order valence-corrected chi connectivity index (χ4v) is 4.29. The summed E-state index contributed by atoms with van der Waals surface area (Å²) in [6.07, 6.45) is 1.78. The Kier molecular flexibility index (Phi) is 5.91. The van der Waals surface area contributed by atoms with E-state index in [0.717, 1.165) is 17.8 Å². The van der Waals surface area contributed by atoms with Crippen LogP contribution in [-0.2, 0) is 16.4 Å². The number of aryl methyl sites for hydroxylation is 1. The number of anilines is 1. The number of carbonyl (C=O) groups excluding carboxylic acids is 1. The van der Waals surface area contributed by atoms with Crippen molar-refractivity contribution in [3.05, 3.63) is 34.8 Å². The van der Waals surface area contributed by atoms with Gasteiger partial charge in [0.05, 0.1) is 4.90 Å². The summed E-state index contributed by atoms with van der Waals surface area (Å²) >= 11 is 1.33. The molecule has 0 unspecified atom stereocenters. The van der Waals surface area contributed by atoms with Gasteiger partial charge in [-0.1, -0.05) is 18.3 Å². The summed E-state index contributed by atoms with van der Waals surface area (Å²) in [5, 5.41) is 11.9. The van der Waals surface area contributed by atoms with Gasteiger partial charge in [0.2, 0.25) is 15.2 Å². The van der Waals surface area contributed by atoms with E-state index in [1.807, 2.05) is 6.92 Å². The predicted molar refractivity (Wildman–Crippen MR) is 98.4 cm³/mol. The molecule has 0 saturated heterocycles. The second kappa shape index (κ2) is 7.59. The lowest BCUT2D eigenvalue weighted by Crippen LogP contribution is -2.40. The highest BCUT2D eigenvalue weighted by molar-refractivity contribution is 7.89. The van der Waals surface area contributed by atoms with E-state index in [4.69, 9.17) is 0 Å². The van der Waals surface area contributed by atoms with Crippen molar-refractivity contribution < 1.29 is 13.2 Å². The Balaban J connectivity index is 2.09. The lowest BCUT2D eigenvalue weighted by Gasteiger charge is -2.20. The zero-order chi connectivity index (χ0) is 18.7. The van der Waals surface area contributed by atoms with Gasteiger partial charge >= 0.3 is 0 Å². The summed E-state index contributed by atoms with van der Waals surface area (Å²) in [7, 11) is -3.62. The topological polar surface area (TPSA) is 101 Å². The van der Waals surface area contributed by atoms with E-state index in [1.165, 1.54) is 35.6 Å². The van der Waals surface area contributed by atoms with Crippen LogP contribution in [-0.4, -0.2) is 30.1 Å². The molecule has 0 atom stereocenters. The molecule has 136 valence electrons. The fraction of sp³-hybridized carbons (Fsp3) is 0.438. The van der Waals surface area contributed by atoms with Crippen LogP contribution in [0.2, 0.25) is 0 Å². The molecule has 1 heterocycles. The molecule has 0 aliphatic carbocycles. The molecule has 1 aromatic carbocycles. The number of sulfonamides is 1. The SMILES string of the molecule is CCCc1nnc(NC(=O)c2ccc(S(=O)(=O)NC(C)(C)C)cc2)s1. The maximum Gasteiger partial charge on any atom is 0.257 e. The summed E-state index contributed by atoms with van der Waals surface area (Å²) in [4.78, 5) is 12.3. The van der Waals surface area contributed by atoms with E-state index in [2.05, 4.69) is 20.2 Å². The first-order valence-electron chi connectivity index (χ1n) is 7.88. The number of rotatable bonds is 6. The van der Waals surface area contributed by atoms with Gasteiger partial charge in [-0.25, -0.2) is 13.1 Å². The van der Waals surface area contributed by atoms with Gasteiger partial charge in [-0.05, 0) is 51.5 Å². The maximum atomic E-state index is 12.3. The molecule has 0 bridgehead atoms. The Hall–Kier alpha value is -1.84. The maximum absolute atomic E-state index is 12.3. The Bertz CT molecular complexity index is 837. The molecule has 25 heavy (non-hydrogen) atoms. The van der Waals surface area contributed by atoms with Gasteiger partial charge in [0.1, 0.15) is 5.01 Å². The van der Waals surface area contributed by atoms with Crippen molar-refractivity contribution in [2.24, 2.45) is 0 Å². The minimum absolute atomic E-state index is 0.111. The molecular formula is C16H22N4O3S2. The zero-order valence-electron chi connectivity index (χ0n) is 14.7. The first kappa shape index (κ1) is 19.5. The van der Waals surface area contributed by atoms with Crippen molar-refractivity contribution in [2.45, 2.75) is 51.0 Å². The average Bonchev–Trinajstić information content (AvgIpc) is 2.92. The third-order valence-electron chi connectivity index (χ3n) is 3.02. The van der Waals surface area contributed by atoms with Gasteiger partial charge in [0.25, 0.3) is 5.91 Å². The third kappa shape index (κ3) is 5.58. The Labute approximate surface area is 151 Å². The van der Waals surface area contributed by atoms with Crippen LogP contribution >= 0.6 is 11.3 Å². The van der Waals surface area contributed by atoms with Crippen LogP contribution in [0.1, 0.15) is 49.5 Å². The average molecular weight is 383 g/mol. The molecule has 0 fully saturated rings. The van der Waals surface area contributed by atoms with E-state index in [-0.39, 0.29) is 10.8 Å². The van der Waals surface area contributed by atoms with Crippen molar-refractivity contribution in [3.63, 3.8) is 0 Å². The molecule has 1 aromatic heterocycles. The minimum Gasteiger partial charge on any atom is -0.296 e. The predicted octanol–water partition coefficient (Wildman–Crippen LogP) is 2.82. The van der Waals surface area contributed by atoms with Crippen LogP contribution in [0.4, 0.5) is 5.13 Å². The highest BCUT2D eigenvalue weighted by Crippen LogP contribution is 2.18. The highest BCUT2D eigenvalue weighted by atomic mass is 32.2. The summed E-state index contributed by atoms with van der Waals surface area (Å²) in [5.41, 5.74) is -0.231. The number of aromatic nitrogens is 2. The molecule has 2 rings (SSSR count). The Morgan fingerprint density at radius 3 is 2.36 bits per heavy atom. The first-order valence-corrected chi connectivity index (χ1v) is 10.2. The van der Waals surface area contributed by atoms with Crippen molar-refractivity contribution in [2.75, 3.05) is 5.32 Å². The molecule has 0 aliphatic heterocycles. The second-order valence-corrected chi connectivity index (χ2v) is 9.33. The Morgan fingerprint density at radius 2 is 1.80 bits per heavy atom. The van der Waals surface area contributed by atoms with Crippen LogP contribution in [0.25, 0.3) is 0 Å². The molecular weight excluding hydrogens is 360 g/mol. The molecule has 9 heteroatoms. The van der Waals surface area contributed by atoms with Gasteiger partial charge in [0, 0.05) is 17.5 Å². The lowest BCUT2D eigenvalue weighted by atomic mass is 10.1. The van der Waals surface area contributed by atoms with Crippen LogP contribution < -0.4 is 10.0 Å². The molecule has 0 aliphatic rings. The highest BCUT2D eigenvalue weighted by Gasteiger charge is 2.22. The van der Waals surface area contributed by atoms with E-state index in [9.17, 15) is 13.2 Å². The molecule has 7 nitrogen and oxygen atoms in total. The monoisotopic (exact) mass is 382 g/mol. The first-order chi connectivity index (χ1) is 11.6. The standard InChI is InChI=1S/C16H22N4O3S2/c1-5-6-13-18-19-15(24-13)17-14(21)11-7-9-12(10-8-11)25(22,23)20-16(2,3)4/h7-10,20H,5-6H2,1-4H3,(H,17,19,21). The van der Waals surface area contributed by atoms with Crippen molar-refractivity contribution in [1.29, 1.82) is 0 Å². The fourth-order valence-electron chi connectivity index (χ4n) is 2.04. The van der Waals surface area contributed by atoms with E-state index >= 15 is 0 Å². The van der Waals surface area contributed by atoms with Gasteiger partial charge in [-0.15, -0.1) is 10.2 Å². The number of hydrogen-bond acceptors (Lipinski definition) is 6. The van der Waals surface area contributed by atoms with Gasteiger partial charge in [-0.2, -0.15) is 0 Å². The zero-order valence-corrected chi connectivity index (χ0v) is 16.3. The van der Waals surface area contributed by atoms with Gasteiger partial charge in [-0.3, -0.25) is 10.1 Å². The smallest absolute Gasteiger partial charge is 0.257 e. The number of carbonyl (C=O) groups is 1. The van der Waals surface area contributed by atoms with Crippen molar-refractivity contribution in [1.82, 2.24) is 14.9 Å². The van der Waals surface area contributed by atoms with Crippen LogP contribution in [0.3, 0.4) is 0 Å². The summed E-state index contributed by atoms with van der Waals surface area (Å²) in [6, 6.07) is 5.76. The third-order valence-corrected chi connectivity index (χ3v) is 5.69. The van der Waals surface area contributed by atoms with Crippen LogP contribution in [0, 0.1) is 0 Å². The summed E-state index contributed by atoms with van der Waals surface area (Å²) < 4.78 is 27.1.